The van der Waals surface area contributed by atoms with E-state index >= 15 is 0 Å². The van der Waals surface area contributed by atoms with Gasteiger partial charge in [-0.05, 0) is 67.4 Å². The number of nitrogens with zero attached hydrogens (tertiary/aromatic N) is 2. The van der Waals surface area contributed by atoms with E-state index in [0.717, 1.165) is 23.4 Å². The molecule has 2 aromatic carbocycles. The fourth-order valence-corrected chi connectivity index (χ4v) is 2.81. The van der Waals surface area contributed by atoms with Gasteiger partial charge in [0.25, 0.3) is 5.91 Å². The lowest BCUT2D eigenvalue weighted by Crippen LogP contribution is -2.26. The predicted molar refractivity (Wildman–Crippen MR) is 111 cm³/mol. The topological polar surface area (TPSA) is 58.4 Å². The molecule has 156 valence electrons. The molecule has 0 bridgehead atoms. The van der Waals surface area contributed by atoms with E-state index < -0.39 is 11.7 Å². The Morgan fingerprint density at radius 2 is 1.87 bits per heavy atom. The number of hydrogen-bond acceptors (Lipinski definition) is 3. The first-order valence-electron chi connectivity index (χ1n) is 9.22. The van der Waals surface area contributed by atoms with Crippen LogP contribution >= 0.6 is 0 Å². The number of halogens is 3. The van der Waals surface area contributed by atoms with E-state index in [1.807, 2.05) is 32.0 Å². The molecule has 0 aliphatic heterocycles. The summed E-state index contributed by atoms with van der Waals surface area (Å²) in [6.45, 7) is 4.04. The van der Waals surface area contributed by atoms with Gasteiger partial charge in [0.1, 0.15) is 0 Å². The lowest BCUT2D eigenvalue weighted by Gasteiger charge is -2.11. The summed E-state index contributed by atoms with van der Waals surface area (Å²) in [4.78, 5) is 12.0. The molecular formula is C22H21F3N4O. The van der Waals surface area contributed by atoms with E-state index in [1.165, 1.54) is 17.8 Å². The number of amides is 1. The average Bonchev–Trinajstić information content (AvgIpc) is 3.17. The maximum atomic E-state index is 12.9. The highest BCUT2D eigenvalue weighted by Gasteiger charge is 2.30. The van der Waals surface area contributed by atoms with Crippen LogP contribution in [0.1, 0.15) is 22.4 Å². The number of carbonyl (C=O) groups is 1. The van der Waals surface area contributed by atoms with Crippen molar-refractivity contribution in [1.29, 1.82) is 0 Å². The summed E-state index contributed by atoms with van der Waals surface area (Å²) in [5.74, 6) is -0.346. The molecule has 1 aromatic heterocycles. The summed E-state index contributed by atoms with van der Waals surface area (Å²) in [6.07, 6.45) is -1.41. The zero-order valence-electron chi connectivity index (χ0n) is 16.5. The van der Waals surface area contributed by atoms with Crippen molar-refractivity contribution in [3.8, 4) is 5.69 Å². The molecule has 0 fully saturated rings. The SMILES string of the molecule is Cc1ccc(NCC(=O)N/N=C\c2cccn2-c2cccc(C(F)(F)F)c2)cc1C. The Labute approximate surface area is 172 Å². The number of nitrogens with one attached hydrogen (secondary N) is 2. The Balaban J connectivity index is 1.62. The van der Waals surface area contributed by atoms with E-state index in [-0.39, 0.29) is 12.5 Å². The molecule has 0 saturated carbocycles. The van der Waals surface area contributed by atoms with Crippen LogP contribution < -0.4 is 10.7 Å². The van der Waals surface area contributed by atoms with Crippen molar-refractivity contribution in [2.75, 3.05) is 11.9 Å². The minimum atomic E-state index is -4.42. The molecule has 2 N–H and O–H groups in total. The van der Waals surface area contributed by atoms with E-state index in [9.17, 15) is 18.0 Å². The molecule has 3 aromatic rings. The zero-order chi connectivity index (χ0) is 21.7. The third-order valence-corrected chi connectivity index (χ3v) is 4.58. The number of aromatic nitrogens is 1. The van der Waals surface area contributed by atoms with E-state index in [2.05, 4.69) is 15.8 Å². The van der Waals surface area contributed by atoms with Gasteiger partial charge in [-0.3, -0.25) is 4.79 Å². The number of carbonyl (C=O) groups excluding carboxylic acids is 1. The number of alkyl halides is 3. The van der Waals surface area contributed by atoms with Gasteiger partial charge in [0.15, 0.2) is 0 Å². The van der Waals surface area contributed by atoms with Crippen LogP contribution in [0, 0.1) is 13.8 Å². The predicted octanol–water partition coefficient (Wildman–Crippen LogP) is 4.68. The van der Waals surface area contributed by atoms with Gasteiger partial charge in [-0.15, -0.1) is 0 Å². The maximum Gasteiger partial charge on any atom is 0.416 e. The molecule has 0 saturated heterocycles. The second kappa shape index (κ2) is 8.86. The second-order valence-corrected chi connectivity index (χ2v) is 6.80. The summed E-state index contributed by atoms with van der Waals surface area (Å²) in [5.41, 5.74) is 5.66. The first-order chi connectivity index (χ1) is 14.2. The fraction of sp³-hybridized carbons (Fsp3) is 0.182. The minimum Gasteiger partial charge on any atom is -0.376 e. The van der Waals surface area contributed by atoms with Crippen molar-refractivity contribution in [2.24, 2.45) is 5.10 Å². The lowest BCUT2D eigenvalue weighted by atomic mass is 10.1. The number of benzene rings is 2. The smallest absolute Gasteiger partial charge is 0.376 e. The highest BCUT2D eigenvalue weighted by molar-refractivity contribution is 5.84. The van der Waals surface area contributed by atoms with Crippen molar-refractivity contribution >= 4 is 17.8 Å². The Hall–Kier alpha value is -3.55. The van der Waals surface area contributed by atoms with Crippen molar-refractivity contribution in [2.45, 2.75) is 20.0 Å². The minimum absolute atomic E-state index is 0.0362. The van der Waals surface area contributed by atoms with E-state index in [1.54, 1.807) is 29.0 Å². The van der Waals surface area contributed by atoms with Crippen LogP contribution in [-0.2, 0) is 11.0 Å². The van der Waals surface area contributed by atoms with Gasteiger partial charge in [0.2, 0.25) is 0 Å². The monoisotopic (exact) mass is 414 g/mol. The molecular weight excluding hydrogens is 393 g/mol. The molecule has 5 nitrogen and oxygen atoms in total. The van der Waals surface area contributed by atoms with Crippen LogP contribution in [0.2, 0.25) is 0 Å². The van der Waals surface area contributed by atoms with E-state index in [0.29, 0.717) is 11.4 Å². The third kappa shape index (κ3) is 5.28. The van der Waals surface area contributed by atoms with Crippen LogP contribution in [0.25, 0.3) is 5.69 Å². The quantitative estimate of drug-likeness (QED) is 0.455. The van der Waals surface area contributed by atoms with Crippen LogP contribution in [0.3, 0.4) is 0 Å². The van der Waals surface area contributed by atoms with Gasteiger partial charge in [-0.1, -0.05) is 12.1 Å². The third-order valence-electron chi connectivity index (χ3n) is 4.58. The van der Waals surface area contributed by atoms with Crippen LogP contribution in [0.15, 0.2) is 65.9 Å². The van der Waals surface area contributed by atoms with Gasteiger partial charge in [0, 0.05) is 17.6 Å². The number of anilines is 1. The standard InChI is InChI=1S/C22H21F3N4O/c1-15-8-9-18(11-16(15)2)26-14-21(30)28-27-13-20-7-4-10-29(20)19-6-3-5-17(12-19)22(23,24)25/h3-13,26H,14H2,1-2H3,(H,28,30)/b27-13-. The highest BCUT2D eigenvalue weighted by atomic mass is 19.4. The van der Waals surface area contributed by atoms with Crippen molar-refractivity contribution in [3.05, 3.63) is 83.2 Å². The average molecular weight is 414 g/mol. The highest BCUT2D eigenvalue weighted by Crippen LogP contribution is 2.30. The molecule has 0 aliphatic rings. The molecule has 3 rings (SSSR count). The molecule has 1 heterocycles. The summed E-state index contributed by atoms with van der Waals surface area (Å²) in [6, 6.07) is 14.2. The molecule has 8 heteroatoms. The van der Waals surface area contributed by atoms with Crippen LogP contribution in [0.5, 0.6) is 0 Å². The Morgan fingerprint density at radius 1 is 1.07 bits per heavy atom. The normalized spacial score (nSPS) is 11.6. The Bertz CT molecular complexity index is 1070. The molecule has 1 amide bonds. The van der Waals surface area contributed by atoms with Crippen molar-refractivity contribution in [1.82, 2.24) is 9.99 Å². The van der Waals surface area contributed by atoms with Gasteiger partial charge in [0.05, 0.1) is 24.0 Å². The van der Waals surface area contributed by atoms with Crippen molar-refractivity contribution in [3.63, 3.8) is 0 Å². The Morgan fingerprint density at radius 3 is 2.60 bits per heavy atom. The number of aryl methyl sites for hydroxylation is 2. The van der Waals surface area contributed by atoms with Crippen LogP contribution in [0.4, 0.5) is 18.9 Å². The zero-order valence-corrected chi connectivity index (χ0v) is 16.5. The van der Waals surface area contributed by atoms with Crippen molar-refractivity contribution < 1.29 is 18.0 Å². The summed E-state index contributed by atoms with van der Waals surface area (Å²) in [7, 11) is 0. The van der Waals surface area contributed by atoms with Gasteiger partial charge in [-0.25, -0.2) is 5.43 Å². The summed E-state index contributed by atoms with van der Waals surface area (Å²) < 4.78 is 40.4. The lowest BCUT2D eigenvalue weighted by molar-refractivity contribution is -0.137. The number of rotatable bonds is 6. The van der Waals surface area contributed by atoms with Gasteiger partial charge < -0.3 is 9.88 Å². The maximum absolute atomic E-state index is 12.9. The number of hydrogen-bond donors (Lipinski definition) is 2. The number of hydrazone groups is 1. The Kier molecular flexibility index (Phi) is 6.25. The largest absolute Gasteiger partial charge is 0.416 e. The van der Waals surface area contributed by atoms with E-state index in [4.69, 9.17) is 0 Å². The first-order valence-corrected chi connectivity index (χ1v) is 9.22. The second-order valence-electron chi connectivity index (χ2n) is 6.80. The molecule has 0 unspecified atom stereocenters. The molecule has 0 atom stereocenters. The molecule has 0 spiro atoms. The fourth-order valence-electron chi connectivity index (χ4n) is 2.81. The van der Waals surface area contributed by atoms with Gasteiger partial charge in [-0.2, -0.15) is 18.3 Å². The summed E-state index contributed by atoms with van der Waals surface area (Å²) in [5, 5.41) is 6.92. The first kappa shape index (κ1) is 21.2. The summed E-state index contributed by atoms with van der Waals surface area (Å²) >= 11 is 0. The molecule has 0 radical (unpaired) electrons. The van der Waals surface area contributed by atoms with Gasteiger partial charge >= 0.3 is 6.18 Å². The molecule has 0 aliphatic carbocycles. The van der Waals surface area contributed by atoms with Crippen LogP contribution in [-0.4, -0.2) is 23.2 Å². The molecule has 30 heavy (non-hydrogen) atoms.